The molecule has 0 saturated heterocycles. The molecule has 4 heteroatoms. The predicted octanol–water partition coefficient (Wildman–Crippen LogP) is 7.37. The summed E-state index contributed by atoms with van der Waals surface area (Å²) in [5.74, 6) is 0. The fraction of sp³-hybridized carbons (Fsp3) is 0.214. The lowest BCUT2D eigenvalue weighted by Crippen LogP contribution is -2.29. The van der Waals surface area contributed by atoms with Gasteiger partial charge in [0.05, 0.1) is 0 Å². The molecule has 0 bridgehead atoms. The Kier molecular flexibility index (Phi) is 5.48. The summed E-state index contributed by atoms with van der Waals surface area (Å²) in [6.45, 7) is 3.64. The summed E-state index contributed by atoms with van der Waals surface area (Å²) in [5.41, 5.74) is -0.223. The van der Waals surface area contributed by atoms with Crippen molar-refractivity contribution in [3.05, 3.63) is 96.3 Å². The molecule has 0 aliphatic heterocycles. The zero-order valence-corrected chi connectivity index (χ0v) is 20.4. The quantitative estimate of drug-likeness (QED) is 0.299. The number of hydrogen-bond donors (Lipinski definition) is 0. The summed E-state index contributed by atoms with van der Waals surface area (Å²) >= 11 is 0. The van der Waals surface area contributed by atoms with E-state index in [1.165, 1.54) is 0 Å². The third-order valence-corrected chi connectivity index (χ3v) is 12.1. The molecule has 0 heterocycles. The number of rotatable bonds is 4. The van der Waals surface area contributed by atoms with Crippen LogP contribution in [-0.2, 0) is 9.13 Å². The summed E-state index contributed by atoms with van der Waals surface area (Å²) < 4.78 is 28.7. The van der Waals surface area contributed by atoms with Crippen LogP contribution in [-0.4, -0.2) is 19.0 Å². The van der Waals surface area contributed by atoms with Crippen LogP contribution in [0.25, 0.3) is 21.5 Å². The molecule has 0 amide bonds. The Balaban J connectivity index is 1.79. The standard InChI is InChI=1S/C28H28O2P2/c1-31(2,29)27-13-7-8-14-28(27)32(30,25-17-15-21-9-3-5-11-23(21)19-25)26-18-16-22-10-4-6-12-24(22)20-26/h3-6,9-13,15-20,28H,7-8,14H2,1-2H3. The lowest BCUT2D eigenvalue weighted by atomic mass is 10.1. The van der Waals surface area contributed by atoms with Crippen LogP contribution < -0.4 is 10.6 Å². The highest BCUT2D eigenvalue weighted by Crippen LogP contribution is 2.63. The van der Waals surface area contributed by atoms with Gasteiger partial charge >= 0.3 is 0 Å². The van der Waals surface area contributed by atoms with Crippen LogP contribution in [0.15, 0.2) is 96.3 Å². The van der Waals surface area contributed by atoms with Gasteiger partial charge in [-0.05, 0) is 71.6 Å². The van der Waals surface area contributed by atoms with E-state index in [2.05, 4.69) is 54.6 Å². The number of allylic oxidation sites excluding steroid dienone is 2. The van der Waals surface area contributed by atoms with Gasteiger partial charge in [-0.15, -0.1) is 0 Å². The van der Waals surface area contributed by atoms with E-state index in [4.69, 9.17) is 0 Å². The van der Waals surface area contributed by atoms with Gasteiger partial charge in [-0.1, -0.05) is 78.9 Å². The maximum absolute atomic E-state index is 15.4. The van der Waals surface area contributed by atoms with Crippen LogP contribution in [0.4, 0.5) is 0 Å². The van der Waals surface area contributed by atoms with Gasteiger partial charge in [0.15, 0.2) is 7.14 Å². The number of fused-ring (bicyclic) bond motifs is 2. The third-order valence-electron chi connectivity index (χ3n) is 6.67. The molecule has 2 nitrogen and oxygen atoms in total. The smallest absolute Gasteiger partial charge is 0.150 e. The largest absolute Gasteiger partial charge is 0.320 e. The van der Waals surface area contributed by atoms with Gasteiger partial charge in [-0.25, -0.2) is 0 Å². The zero-order chi connectivity index (χ0) is 22.3. The first-order chi connectivity index (χ1) is 15.4. The second kappa shape index (κ2) is 8.18. The van der Waals surface area contributed by atoms with Gasteiger partial charge < -0.3 is 9.13 Å². The Hall–Kier alpha value is -2.40. The zero-order valence-electron chi connectivity index (χ0n) is 18.6. The molecule has 162 valence electrons. The van der Waals surface area contributed by atoms with Crippen molar-refractivity contribution in [2.75, 3.05) is 13.3 Å². The summed E-state index contributed by atoms with van der Waals surface area (Å²) in [4.78, 5) is 0. The molecule has 0 aromatic heterocycles. The van der Waals surface area contributed by atoms with Crippen LogP contribution in [0.2, 0.25) is 0 Å². The van der Waals surface area contributed by atoms with Crippen LogP contribution in [0, 0.1) is 0 Å². The lowest BCUT2D eigenvalue weighted by Gasteiger charge is -2.34. The van der Waals surface area contributed by atoms with E-state index in [-0.39, 0.29) is 5.66 Å². The normalized spacial score (nSPS) is 17.4. The van der Waals surface area contributed by atoms with Gasteiger partial charge in [0.2, 0.25) is 0 Å². The molecule has 0 N–H and O–H groups in total. The molecule has 0 fully saturated rings. The first-order valence-electron chi connectivity index (χ1n) is 11.2. The van der Waals surface area contributed by atoms with Crippen LogP contribution in [0.3, 0.4) is 0 Å². The fourth-order valence-electron chi connectivity index (χ4n) is 5.07. The SMILES string of the molecule is CP(C)(=O)C1=CCCCC1P(=O)(c1ccc2ccccc2c1)c1ccc2ccccc2c1. The van der Waals surface area contributed by atoms with Crippen molar-refractivity contribution < 1.29 is 9.13 Å². The summed E-state index contributed by atoms with van der Waals surface area (Å²) in [6.07, 6.45) is 4.80. The Morgan fingerprint density at radius 3 is 1.69 bits per heavy atom. The lowest BCUT2D eigenvalue weighted by molar-refractivity contribution is 0.567. The van der Waals surface area contributed by atoms with Crippen LogP contribution >= 0.6 is 14.3 Å². The molecule has 1 aliphatic rings. The Bertz CT molecular complexity index is 1360. The van der Waals surface area contributed by atoms with Gasteiger partial charge in [0, 0.05) is 16.3 Å². The van der Waals surface area contributed by atoms with Crippen molar-refractivity contribution in [2.45, 2.75) is 24.9 Å². The van der Waals surface area contributed by atoms with E-state index in [9.17, 15) is 4.57 Å². The van der Waals surface area contributed by atoms with Gasteiger partial charge in [-0.3, -0.25) is 0 Å². The van der Waals surface area contributed by atoms with Crippen molar-refractivity contribution >= 4 is 46.4 Å². The van der Waals surface area contributed by atoms with Crippen molar-refractivity contribution in [2.24, 2.45) is 0 Å². The molecule has 0 radical (unpaired) electrons. The van der Waals surface area contributed by atoms with E-state index < -0.39 is 14.3 Å². The molecule has 4 aromatic carbocycles. The molecule has 1 atom stereocenters. The topological polar surface area (TPSA) is 34.1 Å². The molecule has 32 heavy (non-hydrogen) atoms. The summed E-state index contributed by atoms with van der Waals surface area (Å²) in [6, 6.07) is 28.8. The summed E-state index contributed by atoms with van der Waals surface area (Å²) in [5, 5.41) is 7.07. The van der Waals surface area contributed by atoms with Crippen molar-refractivity contribution in [3.8, 4) is 0 Å². The maximum Gasteiger partial charge on any atom is 0.150 e. The van der Waals surface area contributed by atoms with Gasteiger partial charge in [-0.2, -0.15) is 0 Å². The second-order valence-corrected chi connectivity index (χ2v) is 15.3. The highest BCUT2D eigenvalue weighted by atomic mass is 31.2. The van der Waals surface area contributed by atoms with Crippen LogP contribution in [0.1, 0.15) is 19.3 Å². The molecule has 5 rings (SSSR count). The second-order valence-electron chi connectivity index (χ2n) is 9.15. The Morgan fingerprint density at radius 2 is 1.19 bits per heavy atom. The average Bonchev–Trinajstić information content (AvgIpc) is 2.82. The maximum atomic E-state index is 15.4. The monoisotopic (exact) mass is 458 g/mol. The first kappa shape index (κ1) is 21.4. The first-order valence-corrected chi connectivity index (χ1v) is 15.6. The Labute approximate surface area is 190 Å². The number of benzene rings is 4. The van der Waals surface area contributed by atoms with E-state index in [0.29, 0.717) is 0 Å². The molecular formula is C28H28O2P2. The van der Waals surface area contributed by atoms with E-state index in [0.717, 1.165) is 56.7 Å². The van der Waals surface area contributed by atoms with E-state index in [1.54, 1.807) is 0 Å². The van der Waals surface area contributed by atoms with E-state index >= 15 is 4.57 Å². The average molecular weight is 458 g/mol. The van der Waals surface area contributed by atoms with Gasteiger partial charge in [0.1, 0.15) is 7.14 Å². The summed E-state index contributed by atoms with van der Waals surface area (Å²) in [7, 11) is -5.64. The molecule has 4 aromatic rings. The van der Waals surface area contributed by atoms with E-state index in [1.807, 2.05) is 49.7 Å². The van der Waals surface area contributed by atoms with Crippen molar-refractivity contribution in [3.63, 3.8) is 0 Å². The molecule has 1 aliphatic carbocycles. The minimum atomic E-state index is -3.10. The molecule has 0 spiro atoms. The highest BCUT2D eigenvalue weighted by molar-refractivity contribution is 7.81. The highest BCUT2D eigenvalue weighted by Gasteiger charge is 2.42. The van der Waals surface area contributed by atoms with Crippen molar-refractivity contribution in [1.82, 2.24) is 0 Å². The fourth-order valence-corrected chi connectivity index (χ4v) is 11.1. The molecular weight excluding hydrogens is 430 g/mol. The Morgan fingerprint density at radius 1 is 0.688 bits per heavy atom. The van der Waals surface area contributed by atoms with Crippen molar-refractivity contribution in [1.29, 1.82) is 0 Å². The van der Waals surface area contributed by atoms with Gasteiger partial charge in [0.25, 0.3) is 0 Å². The minimum Gasteiger partial charge on any atom is -0.320 e. The molecule has 0 saturated carbocycles. The number of hydrogen-bond acceptors (Lipinski definition) is 2. The molecule has 1 unspecified atom stereocenters. The van der Waals surface area contributed by atoms with Crippen LogP contribution in [0.5, 0.6) is 0 Å². The minimum absolute atomic E-state index is 0.223. The predicted molar refractivity (Wildman–Crippen MR) is 140 cm³/mol. The third kappa shape index (κ3) is 3.71.